The number of nitrogens with one attached hydrogen (secondary N) is 2. The predicted octanol–water partition coefficient (Wildman–Crippen LogP) is 3.00. The summed E-state index contributed by atoms with van der Waals surface area (Å²) < 4.78 is 17.7. The SMILES string of the molecule is COc1cc2c(N[C@H]3CNCCOC3)c3c(nc2cc1OCCCN1CCCC1)CCC3. The topological polar surface area (TPSA) is 67.9 Å². The maximum absolute atomic E-state index is 6.18. The van der Waals surface area contributed by atoms with E-state index in [1.807, 2.05) is 0 Å². The minimum atomic E-state index is 0.236. The molecular weight excluding hydrogens is 404 g/mol. The van der Waals surface area contributed by atoms with Gasteiger partial charge in [0.1, 0.15) is 0 Å². The Labute approximate surface area is 190 Å². The van der Waals surface area contributed by atoms with E-state index in [1.165, 1.54) is 42.9 Å². The molecule has 5 rings (SSSR count). The highest BCUT2D eigenvalue weighted by Crippen LogP contribution is 2.40. The van der Waals surface area contributed by atoms with Crippen LogP contribution >= 0.6 is 0 Å². The first kappa shape index (κ1) is 21.7. The van der Waals surface area contributed by atoms with Crippen LogP contribution in [0, 0.1) is 0 Å². The van der Waals surface area contributed by atoms with Crippen molar-refractivity contribution in [2.45, 2.75) is 44.6 Å². The highest BCUT2D eigenvalue weighted by Gasteiger charge is 2.24. The Kier molecular flexibility index (Phi) is 6.95. The van der Waals surface area contributed by atoms with Gasteiger partial charge in [-0.2, -0.15) is 0 Å². The van der Waals surface area contributed by atoms with Crippen LogP contribution in [0.5, 0.6) is 11.5 Å². The Hall–Kier alpha value is -2.09. The van der Waals surface area contributed by atoms with Crippen LogP contribution in [0.3, 0.4) is 0 Å². The molecule has 0 radical (unpaired) electrons. The van der Waals surface area contributed by atoms with Gasteiger partial charge < -0.3 is 29.7 Å². The molecule has 3 aliphatic rings. The number of aryl methyl sites for hydroxylation is 1. The molecule has 2 N–H and O–H groups in total. The van der Waals surface area contributed by atoms with Crippen LogP contribution in [-0.4, -0.2) is 75.6 Å². The van der Waals surface area contributed by atoms with Gasteiger partial charge in [-0.25, -0.2) is 0 Å². The number of ether oxygens (including phenoxy) is 3. The Bertz CT molecular complexity index is 921. The lowest BCUT2D eigenvalue weighted by molar-refractivity contribution is 0.145. The van der Waals surface area contributed by atoms with Crippen molar-refractivity contribution in [3.8, 4) is 11.5 Å². The van der Waals surface area contributed by atoms with Crippen molar-refractivity contribution in [2.75, 3.05) is 65.0 Å². The van der Waals surface area contributed by atoms with E-state index >= 15 is 0 Å². The molecule has 2 fully saturated rings. The van der Waals surface area contributed by atoms with E-state index in [2.05, 4.69) is 27.7 Å². The van der Waals surface area contributed by atoms with Gasteiger partial charge in [-0.3, -0.25) is 4.98 Å². The maximum Gasteiger partial charge on any atom is 0.163 e. The number of rotatable bonds is 8. The molecule has 0 unspecified atom stereocenters. The zero-order valence-corrected chi connectivity index (χ0v) is 19.3. The zero-order chi connectivity index (χ0) is 21.8. The van der Waals surface area contributed by atoms with Gasteiger partial charge in [-0.05, 0) is 63.2 Å². The number of fused-ring (bicyclic) bond motifs is 2. The van der Waals surface area contributed by atoms with Crippen molar-refractivity contribution < 1.29 is 14.2 Å². The fourth-order valence-electron chi connectivity index (χ4n) is 5.19. The summed E-state index contributed by atoms with van der Waals surface area (Å²) >= 11 is 0. The van der Waals surface area contributed by atoms with Gasteiger partial charge in [-0.15, -0.1) is 0 Å². The highest BCUT2D eigenvalue weighted by atomic mass is 16.5. The van der Waals surface area contributed by atoms with E-state index < -0.39 is 0 Å². The Balaban J connectivity index is 1.39. The molecule has 1 aromatic carbocycles. The summed E-state index contributed by atoms with van der Waals surface area (Å²) in [7, 11) is 1.72. The first-order valence-corrected chi connectivity index (χ1v) is 12.3. The van der Waals surface area contributed by atoms with E-state index in [-0.39, 0.29) is 6.04 Å². The number of nitrogens with zero attached hydrogens (tertiary/aromatic N) is 2. The van der Waals surface area contributed by atoms with Crippen LogP contribution in [-0.2, 0) is 17.6 Å². The molecule has 32 heavy (non-hydrogen) atoms. The summed E-state index contributed by atoms with van der Waals surface area (Å²) in [4.78, 5) is 7.55. The number of likely N-dealkylation sites (tertiary alicyclic amines) is 1. The van der Waals surface area contributed by atoms with Crippen molar-refractivity contribution in [1.29, 1.82) is 0 Å². The van der Waals surface area contributed by atoms with Gasteiger partial charge in [0.25, 0.3) is 0 Å². The average molecular weight is 441 g/mol. The third kappa shape index (κ3) is 4.80. The summed E-state index contributed by atoms with van der Waals surface area (Å²) in [6, 6.07) is 4.40. The summed E-state index contributed by atoms with van der Waals surface area (Å²) in [5, 5.41) is 8.36. The second-order valence-electron chi connectivity index (χ2n) is 9.16. The minimum Gasteiger partial charge on any atom is -0.493 e. The largest absolute Gasteiger partial charge is 0.493 e. The molecule has 1 aromatic heterocycles. The lowest BCUT2D eigenvalue weighted by Crippen LogP contribution is -2.34. The van der Waals surface area contributed by atoms with Crippen molar-refractivity contribution in [2.24, 2.45) is 0 Å². The molecule has 1 atom stereocenters. The van der Waals surface area contributed by atoms with E-state index in [0.717, 1.165) is 74.3 Å². The van der Waals surface area contributed by atoms with E-state index in [4.69, 9.17) is 19.2 Å². The van der Waals surface area contributed by atoms with E-state index in [9.17, 15) is 0 Å². The first-order valence-electron chi connectivity index (χ1n) is 12.3. The smallest absolute Gasteiger partial charge is 0.163 e. The van der Waals surface area contributed by atoms with E-state index in [0.29, 0.717) is 13.2 Å². The second kappa shape index (κ2) is 10.2. The third-order valence-electron chi connectivity index (χ3n) is 6.85. The molecule has 0 spiro atoms. The standard InChI is InChI=1S/C25H36N4O3/c1-30-23-14-20-22(15-24(23)32-12-5-11-29-9-2-3-10-29)28-21-7-4-6-19(21)25(20)27-18-16-26-8-13-31-17-18/h14-15,18,26H,2-13,16-17H2,1H3,(H,27,28)/t18-/m0/s1. The summed E-state index contributed by atoms with van der Waals surface area (Å²) in [6.07, 6.45) is 6.95. The fraction of sp³-hybridized carbons (Fsp3) is 0.640. The van der Waals surface area contributed by atoms with Crippen molar-refractivity contribution >= 4 is 16.6 Å². The Morgan fingerprint density at radius 2 is 2.09 bits per heavy atom. The molecule has 1 aliphatic carbocycles. The van der Waals surface area contributed by atoms with Crippen LogP contribution in [0.15, 0.2) is 12.1 Å². The molecule has 0 amide bonds. The van der Waals surface area contributed by atoms with Gasteiger partial charge >= 0.3 is 0 Å². The Morgan fingerprint density at radius 3 is 2.97 bits per heavy atom. The number of methoxy groups -OCH3 is 1. The van der Waals surface area contributed by atoms with Crippen molar-refractivity contribution in [1.82, 2.24) is 15.2 Å². The van der Waals surface area contributed by atoms with Crippen molar-refractivity contribution in [3.63, 3.8) is 0 Å². The molecule has 0 bridgehead atoms. The third-order valence-corrected chi connectivity index (χ3v) is 6.85. The zero-order valence-electron chi connectivity index (χ0n) is 19.3. The molecule has 3 heterocycles. The molecular formula is C25H36N4O3. The fourth-order valence-corrected chi connectivity index (χ4v) is 5.19. The number of hydrogen-bond acceptors (Lipinski definition) is 7. The van der Waals surface area contributed by atoms with Crippen molar-refractivity contribution in [3.05, 3.63) is 23.4 Å². The van der Waals surface area contributed by atoms with Crippen LogP contribution in [0.4, 0.5) is 5.69 Å². The van der Waals surface area contributed by atoms with Gasteiger partial charge in [0.05, 0.1) is 38.5 Å². The first-order chi connectivity index (χ1) is 15.8. The molecule has 2 saturated heterocycles. The lowest BCUT2D eigenvalue weighted by atomic mass is 10.0. The molecule has 7 nitrogen and oxygen atoms in total. The van der Waals surface area contributed by atoms with Crippen LogP contribution < -0.4 is 20.1 Å². The highest BCUT2D eigenvalue weighted by molar-refractivity contribution is 5.96. The van der Waals surface area contributed by atoms with Crippen LogP contribution in [0.25, 0.3) is 10.9 Å². The predicted molar refractivity (Wildman–Crippen MR) is 127 cm³/mol. The summed E-state index contributed by atoms with van der Waals surface area (Å²) in [6.45, 7) is 7.53. The Morgan fingerprint density at radius 1 is 1.19 bits per heavy atom. The number of anilines is 1. The van der Waals surface area contributed by atoms with Gasteiger partial charge in [0.15, 0.2) is 11.5 Å². The molecule has 2 aliphatic heterocycles. The monoisotopic (exact) mass is 440 g/mol. The van der Waals surface area contributed by atoms with Gasteiger partial charge in [-0.1, -0.05) is 0 Å². The number of benzene rings is 1. The maximum atomic E-state index is 6.18. The van der Waals surface area contributed by atoms with Gasteiger partial charge in [0.2, 0.25) is 0 Å². The molecule has 174 valence electrons. The summed E-state index contributed by atoms with van der Waals surface area (Å²) in [5.74, 6) is 1.56. The van der Waals surface area contributed by atoms with E-state index in [1.54, 1.807) is 7.11 Å². The normalized spacial score (nSPS) is 21.5. The quantitative estimate of drug-likeness (QED) is 0.612. The molecule has 7 heteroatoms. The average Bonchev–Trinajstić information content (AvgIpc) is 3.43. The minimum absolute atomic E-state index is 0.236. The van der Waals surface area contributed by atoms with Gasteiger partial charge in [0, 0.05) is 42.5 Å². The number of pyridine rings is 1. The lowest BCUT2D eigenvalue weighted by Gasteiger charge is -2.22. The van der Waals surface area contributed by atoms with Crippen LogP contribution in [0.1, 0.15) is 36.9 Å². The van der Waals surface area contributed by atoms with Crippen LogP contribution in [0.2, 0.25) is 0 Å². The second-order valence-corrected chi connectivity index (χ2v) is 9.16. The number of aromatic nitrogens is 1. The summed E-state index contributed by atoms with van der Waals surface area (Å²) in [5.41, 5.74) is 4.74. The molecule has 0 saturated carbocycles. The number of hydrogen-bond donors (Lipinski definition) is 2. The molecule has 2 aromatic rings.